The molecule has 1 fully saturated rings. The number of sulfone groups is 1. The van der Waals surface area contributed by atoms with Crippen LogP contribution in [0.15, 0.2) is 62.8 Å². The molecule has 6 heteroatoms. The largest absolute Gasteiger partial charge is 0.491 e. The Bertz CT molecular complexity index is 740. The maximum Gasteiger partial charge on any atom is 0.206 e. The summed E-state index contributed by atoms with van der Waals surface area (Å²) in [4.78, 5) is 0.467. The molecule has 21 heavy (non-hydrogen) atoms. The highest BCUT2D eigenvalue weighted by Gasteiger charge is 2.24. The average molecular weight is 369 g/mol. The summed E-state index contributed by atoms with van der Waals surface area (Å²) in [5.74, 6) is 0.509. The first-order valence-electron chi connectivity index (χ1n) is 6.41. The maximum atomic E-state index is 12.6. The highest BCUT2D eigenvalue weighted by molar-refractivity contribution is 9.10. The fraction of sp³-hybridized carbons (Fsp3) is 0.200. The molecule has 1 aliphatic rings. The summed E-state index contributed by atoms with van der Waals surface area (Å²) in [6.07, 6.45) is 0.123. The molecular formula is C15H13BrO4S. The van der Waals surface area contributed by atoms with Crippen molar-refractivity contribution in [2.75, 3.05) is 13.2 Å². The van der Waals surface area contributed by atoms with Crippen LogP contribution in [0, 0.1) is 0 Å². The van der Waals surface area contributed by atoms with Gasteiger partial charge in [-0.15, -0.1) is 0 Å². The predicted octanol–water partition coefficient (Wildman–Crippen LogP) is 3.06. The van der Waals surface area contributed by atoms with Crippen LogP contribution in [0.4, 0.5) is 0 Å². The number of hydrogen-bond acceptors (Lipinski definition) is 4. The lowest BCUT2D eigenvalue weighted by atomic mass is 10.3. The second kappa shape index (κ2) is 5.79. The van der Waals surface area contributed by atoms with Crippen LogP contribution >= 0.6 is 15.9 Å². The smallest absolute Gasteiger partial charge is 0.206 e. The Morgan fingerprint density at radius 3 is 2.52 bits per heavy atom. The Morgan fingerprint density at radius 1 is 1.14 bits per heavy atom. The molecule has 0 spiro atoms. The van der Waals surface area contributed by atoms with Crippen LogP contribution in [0.5, 0.6) is 5.75 Å². The van der Waals surface area contributed by atoms with Gasteiger partial charge in [-0.05, 0) is 30.3 Å². The van der Waals surface area contributed by atoms with Crippen LogP contribution in [0.25, 0.3) is 0 Å². The molecule has 2 aromatic carbocycles. The van der Waals surface area contributed by atoms with E-state index in [1.165, 1.54) is 6.07 Å². The third-order valence-corrected chi connectivity index (χ3v) is 5.25. The van der Waals surface area contributed by atoms with Gasteiger partial charge in [-0.25, -0.2) is 8.42 Å². The number of halogens is 1. The minimum Gasteiger partial charge on any atom is -0.491 e. The molecule has 2 aromatic rings. The van der Waals surface area contributed by atoms with E-state index in [-0.39, 0.29) is 15.9 Å². The maximum absolute atomic E-state index is 12.6. The monoisotopic (exact) mass is 368 g/mol. The van der Waals surface area contributed by atoms with Crippen LogP contribution in [-0.2, 0) is 14.6 Å². The summed E-state index contributed by atoms with van der Waals surface area (Å²) >= 11 is 3.32. The molecular weight excluding hydrogens is 356 g/mol. The Labute approximate surface area is 131 Å². The van der Waals surface area contributed by atoms with Crippen molar-refractivity contribution in [1.82, 2.24) is 0 Å². The molecule has 1 saturated heterocycles. The fourth-order valence-corrected chi connectivity index (χ4v) is 3.83. The van der Waals surface area contributed by atoms with Crippen LogP contribution in [0.2, 0.25) is 0 Å². The number of ether oxygens (including phenoxy) is 2. The lowest BCUT2D eigenvalue weighted by molar-refractivity contribution is 0.262. The Balaban J connectivity index is 1.93. The van der Waals surface area contributed by atoms with Crippen molar-refractivity contribution in [1.29, 1.82) is 0 Å². The van der Waals surface area contributed by atoms with Crippen molar-refractivity contribution < 1.29 is 17.9 Å². The lowest BCUT2D eigenvalue weighted by Crippen LogP contribution is -2.06. The second-order valence-electron chi connectivity index (χ2n) is 4.71. The van der Waals surface area contributed by atoms with E-state index in [4.69, 9.17) is 9.47 Å². The van der Waals surface area contributed by atoms with Crippen molar-refractivity contribution in [2.24, 2.45) is 0 Å². The van der Waals surface area contributed by atoms with E-state index in [1.807, 2.05) is 0 Å². The first-order valence-corrected chi connectivity index (χ1v) is 8.68. The van der Waals surface area contributed by atoms with Crippen LogP contribution in [0.3, 0.4) is 0 Å². The van der Waals surface area contributed by atoms with E-state index >= 15 is 0 Å². The molecule has 1 atom stereocenters. The van der Waals surface area contributed by atoms with Gasteiger partial charge in [0.2, 0.25) is 9.84 Å². The molecule has 0 N–H and O–H groups in total. The van der Waals surface area contributed by atoms with E-state index in [1.54, 1.807) is 42.5 Å². The minimum absolute atomic E-state index is 0.123. The number of benzene rings is 2. The van der Waals surface area contributed by atoms with E-state index in [2.05, 4.69) is 15.9 Å². The highest BCUT2D eigenvalue weighted by Crippen LogP contribution is 2.29. The first-order chi connectivity index (χ1) is 10.1. The van der Waals surface area contributed by atoms with Crippen molar-refractivity contribution in [3.05, 3.63) is 53.0 Å². The average Bonchev–Trinajstić information content (AvgIpc) is 3.30. The molecule has 110 valence electrons. The normalized spacial score (nSPS) is 17.5. The zero-order chi connectivity index (χ0) is 14.9. The molecule has 1 heterocycles. The van der Waals surface area contributed by atoms with Crippen molar-refractivity contribution in [3.8, 4) is 5.75 Å². The molecule has 0 saturated carbocycles. The van der Waals surface area contributed by atoms with E-state index in [0.717, 1.165) is 0 Å². The standard InChI is InChI=1S/C15H13BrO4S/c16-11-6-12(19-9-13-10-20-13)8-15(7-11)21(17,18)14-4-2-1-3-5-14/h1-8,13H,9-10H2. The molecule has 0 aliphatic carbocycles. The lowest BCUT2D eigenvalue weighted by Gasteiger charge is -2.09. The van der Waals surface area contributed by atoms with E-state index in [9.17, 15) is 8.42 Å². The van der Waals surface area contributed by atoms with Crippen molar-refractivity contribution in [3.63, 3.8) is 0 Å². The molecule has 3 rings (SSSR count). The second-order valence-corrected chi connectivity index (χ2v) is 7.57. The van der Waals surface area contributed by atoms with Gasteiger partial charge in [0.15, 0.2) is 0 Å². The Hall–Kier alpha value is -1.37. The summed E-state index contributed by atoms with van der Waals surface area (Å²) in [5.41, 5.74) is 0. The Morgan fingerprint density at radius 2 is 1.86 bits per heavy atom. The van der Waals surface area contributed by atoms with Crippen LogP contribution in [-0.4, -0.2) is 27.7 Å². The van der Waals surface area contributed by atoms with Gasteiger partial charge in [-0.3, -0.25) is 0 Å². The van der Waals surface area contributed by atoms with E-state index in [0.29, 0.717) is 23.4 Å². The molecule has 0 bridgehead atoms. The van der Waals surface area contributed by atoms with Crippen LogP contribution in [0.1, 0.15) is 0 Å². The number of rotatable bonds is 5. The van der Waals surface area contributed by atoms with Gasteiger partial charge in [0, 0.05) is 4.47 Å². The first kappa shape index (κ1) is 14.6. The number of epoxide rings is 1. The summed E-state index contributed by atoms with van der Waals surface area (Å²) in [6, 6.07) is 13.2. The Kier molecular flexibility index (Phi) is 4.01. The summed E-state index contributed by atoms with van der Waals surface area (Å²) in [7, 11) is -3.55. The van der Waals surface area contributed by atoms with Gasteiger partial charge < -0.3 is 9.47 Å². The van der Waals surface area contributed by atoms with Gasteiger partial charge in [-0.2, -0.15) is 0 Å². The van der Waals surface area contributed by atoms with Crippen LogP contribution < -0.4 is 4.74 Å². The van der Waals surface area contributed by atoms with Crippen molar-refractivity contribution >= 4 is 25.8 Å². The number of hydrogen-bond donors (Lipinski definition) is 0. The third-order valence-electron chi connectivity index (χ3n) is 3.05. The molecule has 4 nitrogen and oxygen atoms in total. The van der Waals surface area contributed by atoms with Crippen molar-refractivity contribution in [2.45, 2.75) is 15.9 Å². The van der Waals surface area contributed by atoms with Gasteiger partial charge in [0.05, 0.1) is 16.4 Å². The SMILES string of the molecule is O=S(=O)(c1ccccc1)c1cc(Br)cc(OCC2CO2)c1. The highest BCUT2D eigenvalue weighted by atomic mass is 79.9. The molecule has 0 aromatic heterocycles. The molecule has 0 radical (unpaired) electrons. The summed E-state index contributed by atoms with van der Waals surface area (Å²) in [5, 5.41) is 0. The third kappa shape index (κ3) is 3.45. The fourth-order valence-electron chi connectivity index (χ4n) is 1.86. The van der Waals surface area contributed by atoms with Gasteiger partial charge in [0.1, 0.15) is 18.5 Å². The summed E-state index contributed by atoms with van der Waals surface area (Å²) in [6.45, 7) is 1.13. The van der Waals surface area contributed by atoms with Gasteiger partial charge in [-0.1, -0.05) is 34.1 Å². The topological polar surface area (TPSA) is 55.9 Å². The summed E-state index contributed by atoms with van der Waals surface area (Å²) < 4.78 is 36.5. The van der Waals surface area contributed by atoms with Gasteiger partial charge in [0.25, 0.3) is 0 Å². The molecule has 1 aliphatic heterocycles. The zero-order valence-electron chi connectivity index (χ0n) is 11.0. The minimum atomic E-state index is -3.55. The van der Waals surface area contributed by atoms with E-state index < -0.39 is 9.84 Å². The quantitative estimate of drug-likeness (QED) is 0.761. The predicted molar refractivity (Wildman–Crippen MR) is 81.3 cm³/mol. The zero-order valence-corrected chi connectivity index (χ0v) is 13.4. The van der Waals surface area contributed by atoms with Gasteiger partial charge >= 0.3 is 0 Å². The molecule has 1 unspecified atom stereocenters. The molecule has 0 amide bonds.